The number of likely N-dealkylation sites (tertiary alicyclic amines) is 1. The monoisotopic (exact) mass is 275 g/mol. The van der Waals surface area contributed by atoms with Crippen LogP contribution in [0.25, 0.3) is 0 Å². The summed E-state index contributed by atoms with van der Waals surface area (Å²) >= 11 is 0. The Bertz CT molecular complexity index is 435. The van der Waals surface area contributed by atoms with E-state index in [0.717, 1.165) is 25.7 Å². The van der Waals surface area contributed by atoms with Crippen LogP contribution in [0.15, 0.2) is 11.6 Å². The van der Waals surface area contributed by atoms with Crippen LogP contribution < -0.4 is 5.32 Å². The van der Waals surface area contributed by atoms with Crippen LogP contribution in [0.4, 0.5) is 0 Å². The smallest absolute Gasteiger partial charge is 0.244 e. The molecule has 2 aliphatic rings. The minimum absolute atomic E-state index is 0.00343. The summed E-state index contributed by atoms with van der Waals surface area (Å²) in [6.45, 7) is 1.25. The summed E-state index contributed by atoms with van der Waals surface area (Å²) < 4.78 is 0. The maximum atomic E-state index is 11.9. The molecule has 20 heavy (non-hydrogen) atoms. The van der Waals surface area contributed by atoms with Crippen LogP contribution in [0.5, 0.6) is 0 Å². The van der Waals surface area contributed by atoms with Crippen molar-refractivity contribution >= 4 is 11.8 Å². The number of carbonyl (C=O) groups excluding carboxylic acids is 2. The number of nitrogens with zero attached hydrogens (tertiary/aromatic N) is 2. The summed E-state index contributed by atoms with van der Waals surface area (Å²) in [4.78, 5) is 25.1. The molecule has 1 saturated heterocycles. The van der Waals surface area contributed by atoms with Gasteiger partial charge in [-0.3, -0.25) is 9.59 Å². The highest BCUT2D eigenvalue weighted by atomic mass is 16.2. The molecule has 1 saturated carbocycles. The first-order valence-electron chi connectivity index (χ1n) is 7.33. The Hall–Kier alpha value is -1.83. The molecule has 0 aromatic rings. The van der Waals surface area contributed by atoms with Crippen molar-refractivity contribution in [3.63, 3.8) is 0 Å². The number of allylic oxidation sites excluding steroid dienone is 1. The first-order chi connectivity index (χ1) is 9.69. The molecule has 1 N–H and O–H groups in total. The fraction of sp³-hybridized carbons (Fsp3) is 0.667. The van der Waals surface area contributed by atoms with Gasteiger partial charge in [-0.05, 0) is 38.5 Å². The Kier molecular flexibility index (Phi) is 5.16. The van der Waals surface area contributed by atoms with Crippen molar-refractivity contribution < 1.29 is 9.59 Å². The lowest BCUT2D eigenvalue weighted by Crippen LogP contribution is -2.46. The number of nitriles is 1. The summed E-state index contributed by atoms with van der Waals surface area (Å²) in [7, 11) is 0. The fourth-order valence-corrected chi connectivity index (χ4v) is 2.85. The minimum atomic E-state index is -0.106. The summed E-state index contributed by atoms with van der Waals surface area (Å²) in [6, 6.07) is 2.03. The van der Waals surface area contributed by atoms with Crippen molar-refractivity contribution in [2.75, 3.05) is 13.1 Å². The maximum Gasteiger partial charge on any atom is 0.244 e. The number of piperidine rings is 1. The van der Waals surface area contributed by atoms with Crippen molar-refractivity contribution in [2.24, 2.45) is 0 Å². The molecule has 5 heteroatoms. The van der Waals surface area contributed by atoms with E-state index in [1.165, 1.54) is 18.4 Å². The van der Waals surface area contributed by atoms with Crippen LogP contribution in [0.2, 0.25) is 0 Å². The zero-order valence-electron chi connectivity index (χ0n) is 11.7. The molecule has 2 fully saturated rings. The topological polar surface area (TPSA) is 73.2 Å². The predicted molar refractivity (Wildman–Crippen MR) is 74.5 cm³/mol. The van der Waals surface area contributed by atoms with Crippen molar-refractivity contribution in [2.45, 2.75) is 51.0 Å². The Morgan fingerprint density at radius 2 is 1.95 bits per heavy atom. The SMILES string of the molecule is N#CCC(=O)N1CCC(NC(=O)C=C2CCCC2)CC1. The van der Waals surface area contributed by atoms with Crippen molar-refractivity contribution in [1.82, 2.24) is 10.2 Å². The average Bonchev–Trinajstić information content (AvgIpc) is 2.92. The lowest BCUT2D eigenvalue weighted by Gasteiger charge is -2.31. The van der Waals surface area contributed by atoms with Gasteiger partial charge in [0.1, 0.15) is 6.42 Å². The molecule has 0 unspecified atom stereocenters. The number of amides is 2. The molecule has 1 aliphatic carbocycles. The third kappa shape index (κ3) is 4.09. The zero-order chi connectivity index (χ0) is 14.4. The maximum absolute atomic E-state index is 11.9. The third-order valence-corrected chi connectivity index (χ3v) is 4.01. The van der Waals surface area contributed by atoms with Gasteiger partial charge >= 0.3 is 0 Å². The molecule has 0 aromatic heterocycles. The molecule has 108 valence electrons. The molecule has 0 atom stereocenters. The van der Waals surface area contributed by atoms with Gasteiger partial charge in [0.05, 0.1) is 6.07 Å². The third-order valence-electron chi connectivity index (χ3n) is 4.01. The quantitative estimate of drug-likeness (QED) is 0.793. The zero-order valence-corrected chi connectivity index (χ0v) is 11.7. The fourth-order valence-electron chi connectivity index (χ4n) is 2.85. The standard InChI is InChI=1S/C15H21N3O2/c16-8-5-15(20)18-9-6-13(7-10-18)17-14(19)11-12-3-1-2-4-12/h11,13H,1-7,9-10H2,(H,17,19). The second kappa shape index (κ2) is 7.09. The van der Waals surface area contributed by atoms with Gasteiger partial charge < -0.3 is 10.2 Å². The van der Waals surface area contributed by atoms with Crippen LogP contribution in [0, 0.1) is 11.3 Å². The molecule has 0 aromatic carbocycles. The second-order valence-corrected chi connectivity index (χ2v) is 5.51. The highest BCUT2D eigenvalue weighted by Gasteiger charge is 2.23. The van der Waals surface area contributed by atoms with Crippen molar-refractivity contribution in [3.8, 4) is 6.07 Å². The Morgan fingerprint density at radius 3 is 2.55 bits per heavy atom. The summed E-state index contributed by atoms with van der Waals surface area (Å²) in [5.41, 5.74) is 1.25. The first-order valence-corrected chi connectivity index (χ1v) is 7.33. The van der Waals surface area contributed by atoms with Crippen LogP contribution in [0.1, 0.15) is 44.9 Å². The number of hydrogen-bond donors (Lipinski definition) is 1. The Labute approximate surface area is 119 Å². The van der Waals surface area contributed by atoms with Crippen molar-refractivity contribution in [1.29, 1.82) is 5.26 Å². The first kappa shape index (κ1) is 14.6. The number of carbonyl (C=O) groups is 2. The van der Waals surface area contributed by atoms with E-state index in [1.54, 1.807) is 11.0 Å². The van der Waals surface area contributed by atoms with E-state index in [2.05, 4.69) is 5.32 Å². The lowest BCUT2D eigenvalue weighted by atomic mass is 10.0. The number of hydrogen-bond acceptors (Lipinski definition) is 3. The predicted octanol–water partition coefficient (Wildman–Crippen LogP) is 1.51. The molecule has 0 bridgehead atoms. The van der Waals surface area contributed by atoms with Crippen LogP contribution in [-0.4, -0.2) is 35.8 Å². The van der Waals surface area contributed by atoms with E-state index >= 15 is 0 Å². The van der Waals surface area contributed by atoms with Crippen molar-refractivity contribution in [3.05, 3.63) is 11.6 Å². The van der Waals surface area contributed by atoms with E-state index in [9.17, 15) is 9.59 Å². The summed E-state index contributed by atoms with van der Waals surface area (Å²) in [6.07, 6.45) is 7.72. The second-order valence-electron chi connectivity index (χ2n) is 5.51. The average molecular weight is 275 g/mol. The van der Waals surface area contributed by atoms with E-state index in [0.29, 0.717) is 13.1 Å². The van der Waals surface area contributed by atoms with Gasteiger partial charge in [0.25, 0.3) is 0 Å². The highest BCUT2D eigenvalue weighted by molar-refractivity contribution is 5.88. The number of nitrogens with one attached hydrogen (secondary N) is 1. The molecule has 2 amide bonds. The summed E-state index contributed by atoms with van der Waals surface area (Å²) in [5, 5.41) is 11.5. The van der Waals surface area contributed by atoms with E-state index < -0.39 is 0 Å². The molecular formula is C15H21N3O2. The van der Waals surface area contributed by atoms with Gasteiger partial charge in [-0.1, -0.05) is 5.57 Å². The lowest BCUT2D eigenvalue weighted by molar-refractivity contribution is -0.131. The van der Waals surface area contributed by atoms with Crippen LogP contribution >= 0.6 is 0 Å². The Balaban J connectivity index is 1.74. The van der Waals surface area contributed by atoms with Gasteiger partial charge in [-0.2, -0.15) is 5.26 Å². The molecule has 1 aliphatic heterocycles. The molecule has 2 rings (SSSR count). The molecule has 1 heterocycles. The summed E-state index contributed by atoms with van der Waals surface area (Å²) in [5.74, 6) is -0.103. The van der Waals surface area contributed by atoms with E-state index in [1.807, 2.05) is 6.07 Å². The molecule has 0 spiro atoms. The molecule has 0 radical (unpaired) electrons. The highest BCUT2D eigenvalue weighted by Crippen LogP contribution is 2.23. The van der Waals surface area contributed by atoms with Crippen LogP contribution in [0.3, 0.4) is 0 Å². The largest absolute Gasteiger partial charge is 0.350 e. The van der Waals surface area contributed by atoms with Gasteiger partial charge in [0.2, 0.25) is 11.8 Å². The van der Waals surface area contributed by atoms with Gasteiger partial charge in [-0.25, -0.2) is 0 Å². The Morgan fingerprint density at radius 1 is 1.30 bits per heavy atom. The molecule has 5 nitrogen and oxygen atoms in total. The van der Waals surface area contributed by atoms with Gasteiger partial charge in [0, 0.05) is 25.2 Å². The van der Waals surface area contributed by atoms with Gasteiger partial charge in [-0.15, -0.1) is 0 Å². The van der Waals surface area contributed by atoms with Gasteiger partial charge in [0.15, 0.2) is 0 Å². The molecular weight excluding hydrogens is 254 g/mol. The van der Waals surface area contributed by atoms with Crippen LogP contribution in [-0.2, 0) is 9.59 Å². The minimum Gasteiger partial charge on any atom is -0.350 e. The number of rotatable bonds is 3. The van der Waals surface area contributed by atoms with E-state index in [4.69, 9.17) is 5.26 Å². The van der Waals surface area contributed by atoms with E-state index in [-0.39, 0.29) is 24.3 Å². The normalized spacial score (nSPS) is 19.6.